The fourth-order valence-electron chi connectivity index (χ4n) is 3.68. The zero-order valence-corrected chi connectivity index (χ0v) is 33.8. The first-order chi connectivity index (χ1) is 16.3. The number of halogens is 8. The molecular weight excluding hydrogens is 972 g/mol. The zero-order chi connectivity index (χ0) is 27.0. The van der Waals surface area contributed by atoms with Gasteiger partial charge < -0.3 is 4.74 Å². The molecule has 0 fully saturated rings. The van der Waals surface area contributed by atoms with Crippen molar-refractivity contribution in [2.45, 2.75) is 136 Å². The van der Waals surface area contributed by atoms with Crippen molar-refractivity contribution in [2.75, 3.05) is 6.61 Å². The molecule has 2 nitrogen and oxygen atoms in total. The van der Waals surface area contributed by atoms with Crippen LogP contribution in [0.4, 0.5) is 0 Å². The summed E-state index contributed by atoms with van der Waals surface area (Å²) in [5, 5.41) is 0. The number of hydrogen-bond acceptors (Lipinski definition) is 2. The molecule has 0 aliphatic rings. The largest absolute Gasteiger partial charge is 0.464 e. The van der Waals surface area contributed by atoms with Crippen molar-refractivity contribution < 1.29 is 9.53 Å². The number of ether oxygens (including phenoxy) is 1. The standard InChI is InChI=1S/C25H42Br8O2/c1-3-5-7-8-9-10-11-12-13-14-15-16-17-19-22(26,27)24(30,31)25(32,33)23(28,29)21(34)35-20-18-6-4-2/h3-20H2,1-2H3. The number of esters is 1. The van der Waals surface area contributed by atoms with Gasteiger partial charge in [0.25, 0.3) is 0 Å². The van der Waals surface area contributed by atoms with Gasteiger partial charge in [-0.15, -0.1) is 0 Å². The summed E-state index contributed by atoms with van der Waals surface area (Å²) in [6.45, 7) is 4.79. The highest BCUT2D eigenvalue weighted by atomic mass is 79.9. The number of rotatable bonds is 22. The molecule has 0 aromatic rings. The van der Waals surface area contributed by atoms with E-state index in [-0.39, 0.29) is 0 Å². The SMILES string of the molecule is CCCCCCCCCCCCCCCC(Br)(Br)C(Br)(Br)C(Br)(Br)C(Br)(Br)C(=O)OCCCCC. The Hall–Kier alpha value is 3.31. The summed E-state index contributed by atoms with van der Waals surface area (Å²) in [5.41, 5.74) is 0. The summed E-state index contributed by atoms with van der Waals surface area (Å²) in [4.78, 5) is 12.9. The molecule has 0 radical (unpaired) electrons. The van der Waals surface area contributed by atoms with E-state index >= 15 is 0 Å². The van der Waals surface area contributed by atoms with Gasteiger partial charge in [0.15, 0.2) is 0 Å². The maximum atomic E-state index is 12.9. The topological polar surface area (TPSA) is 26.3 Å². The average molecular weight is 1010 g/mol. The fourth-order valence-corrected chi connectivity index (χ4v) is 9.78. The van der Waals surface area contributed by atoms with Crippen LogP contribution in [-0.4, -0.2) is 25.5 Å². The molecule has 35 heavy (non-hydrogen) atoms. The van der Waals surface area contributed by atoms with Crippen LogP contribution in [0.2, 0.25) is 0 Å². The average Bonchev–Trinajstić information content (AvgIpc) is 2.79. The molecule has 0 aliphatic carbocycles. The van der Waals surface area contributed by atoms with Gasteiger partial charge in [0, 0.05) is 0 Å². The predicted molar refractivity (Wildman–Crippen MR) is 183 cm³/mol. The van der Waals surface area contributed by atoms with Crippen molar-refractivity contribution in [3.05, 3.63) is 0 Å². The van der Waals surface area contributed by atoms with Crippen LogP contribution < -0.4 is 0 Å². The Kier molecular flexibility index (Phi) is 22.1. The lowest BCUT2D eigenvalue weighted by Crippen LogP contribution is -2.58. The second-order valence-corrected chi connectivity index (χ2v) is 23.4. The minimum atomic E-state index is -1.23. The maximum Gasteiger partial charge on any atom is 0.336 e. The molecule has 0 bridgehead atoms. The van der Waals surface area contributed by atoms with Crippen molar-refractivity contribution in [1.82, 2.24) is 0 Å². The van der Waals surface area contributed by atoms with Gasteiger partial charge in [-0.2, -0.15) is 0 Å². The molecule has 0 heterocycles. The third-order valence-corrected chi connectivity index (χ3v) is 21.2. The van der Waals surface area contributed by atoms with Crippen molar-refractivity contribution >= 4 is 133 Å². The van der Waals surface area contributed by atoms with Gasteiger partial charge in [-0.05, 0) is 12.8 Å². The first-order valence-electron chi connectivity index (χ1n) is 13.0. The van der Waals surface area contributed by atoms with E-state index in [9.17, 15) is 4.79 Å². The molecule has 0 amide bonds. The molecule has 0 spiro atoms. The highest BCUT2D eigenvalue weighted by Crippen LogP contribution is 2.67. The minimum Gasteiger partial charge on any atom is -0.464 e. The summed E-state index contributed by atoms with van der Waals surface area (Å²) in [5.74, 6) is -0.401. The molecular formula is C25H42Br8O2. The molecule has 0 atom stereocenters. The van der Waals surface area contributed by atoms with Crippen molar-refractivity contribution in [3.63, 3.8) is 0 Å². The lowest BCUT2D eigenvalue weighted by atomic mass is 10.0. The predicted octanol–water partition coefficient (Wildman–Crippen LogP) is 13.1. The van der Waals surface area contributed by atoms with E-state index < -0.39 is 18.9 Å². The molecule has 10 heteroatoms. The van der Waals surface area contributed by atoms with Gasteiger partial charge in [0.2, 0.25) is 3.23 Å². The zero-order valence-electron chi connectivity index (χ0n) is 21.1. The number of carbonyl (C=O) groups excluding carboxylic acids is 1. The van der Waals surface area contributed by atoms with Crippen molar-refractivity contribution in [1.29, 1.82) is 0 Å². The molecule has 0 aromatic heterocycles. The van der Waals surface area contributed by atoms with Crippen LogP contribution in [0.5, 0.6) is 0 Å². The van der Waals surface area contributed by atoms with Gasteiger partial charge in [-0.25, -0.2) is 4.79 Å². The second kappa shape index (κ2) is 20.2. The third-order valence-electron chi connectivity index (χ3n) is 6.08. The van der Waals surface area contributed by atoms with Crippen LogP contribution in [0.15, 0.2) is 0 Å². The Balaban J connectivity index is 4.46. The first-order valence-corrected chi connectivity index (χ1v) is 19.3. The van der Waals surface area contributed by atoms with Gasteiger partial charge in [-0.3, -0.25) is 0 Å². The highest BCUT2D eigenvalue weighted by Gasteiger charge is 2.67. The van der Waals surface area contributed by atoms with Crippen molar-refractivity contribution in [3.8, 4) is 0 Å². The molecule has 0 saturated heterocycles. The summed E-state index contributed by atoms with van der Waals surface area (Å²) < 4.78 is 1.94. The van der Waals surface area contributed by atoms with E-state index in [2.05, 4.69) is 141 Å². The van der Waals surface area contributed by atoms with Crippen LogP contribution in [0.1, 0.15) is 123 Å². The first kappa shape index (κ1) is 38.3. The van der Waals surface area contributed by atoms with Gasteiger partial charge in [-0.1, -0.05) is 238 Å². The second-order valence-electron chi connectivity index (χ2n) is 9.26. The summed E-state index contributed by atoms with van der Waals surface area (Å²) in [7, 11) is 0. The lowest BCUT2D eigenvalue weighted by Gasteiger charge is -2.47. The monoisotopic (exact) mass is 1010 g/mol. The van der Waals surface area contributed by atoms with Gasteiger partial charge in [0.05, 0.1) is 6.61 Å². The molecule has 0 rings (SSSR count). The highest BCUT2D eigenvalue weighted by molar-refractivity contribution is 9.34. The quantitative estimate of drug-likeness (QED) is 0.0614. The number of unbranched alkanes of at least 4 members (excludes halogenated alkanes) is 14. The Morgan fingerprint density at radius 1 is 0.543 bits per heavy atom. The van der Waals surface area contributed by atoms with Crippen LogP contribution in [0.3, 0.4) is 0 Å². The maximum absolute atomic E-state index is 12.9. The molecule has 0 unspecified atom stereocenters. The van der Waals surface area contributed by atoms with Gasteiger partial charge in [0.1, 0.15) is 9.70 Å². The normalized spacial score (nSPS) is 13.3. The van der Waals surface area contributed by atoms with E-state index in [1.807, 2.05) is 0 Å². The Morgan fingerprint density at radius 2 is 0.914 bits per heavy atom. The number of carbonyl (C=O) groups is 1. The third kappa shape index (κ3) is 13.7. The summed E-state index contributed by atoms with van der Waals surface area (Å²) in [6.07, 6.45) is 21.0. The van der Waals surface area contributed by atoms with E-state index in [1.165, 1.54) is 77.0 Å². The molecule has 0 aromatic carbocycles. The van der Waals surface area contributed by atoms with Gasteiger partial charge >= 0.3 is 5.97 Å². The van der Waals surface area contributed by atoms with E-state index in [1.54, 1.807) is 0 Å². The fraction of sp³-hybridized carbons (Fsp3) is 0.960. The Morgan fingerprint density at radius 3 is 1.34 bits per heavy atom. The molecule has 0 aliphatic heterocycles. The molecule has 0 N–H and O–H groups in total. The van der Waals surface area contributed by atoms with Crippen LogP contribution in [-0.2, 0) is 9.53 Å². The van der Waals surface area contributed by atoms with Crippen LogP contribution >= 0.6 is 127 Å². The number of alkyl halides is 8. The van der Waals surface area contributed by atoms with Crippen LogP contribution in [0.25, 0.3) is 0 Å². The summed E-state index contributed by atoms with van der Waals surface area (Å²) >= 11 is 29.9. The van der Waals surface area contributed by atoms with E-state index in [0.717, 1.165) is 32.1 Å². The Labute approximate surface area is 282 Å². The van der Waals surface area contributed by atoms with E-state index in [0.29, 0.717) is 6.61 Å². The summed E-state index contributed by atoms with van der Waals surface area (Å²) in [6, 6.07) is 0. The minimum absolute atomic E-state index is 0.395. The lowest BCUT2D eigenvalue weighted by molar-refractivity contribution is -0.143. The smallest absolute Gasteiger partial charge is 0.336 e. The van der Waals surface area contributed by atoms with Crippen LogP contribution in [0, 0.1) is 0 Å². The van der Waals surface area contributed by atoms with E-state index in [4.69, 9.17) is 4.74 Å². The Bertz CT molecular complexity index is 568. The molecule has 210 valence electrons. The van der Waals surface area contributed by atoms with Crippen molar-refractivity contribution in [2.24, 2.45) is 0 Å². The molecule has 0 saturated carbocycles. The number of hydrogen-bond donors (Lipinski definition) is 0.